The zero-order valence-electron chi connectivity index (χ0n) is 11.6. The molecule has 0 aromatic heterocycles. The van der Waals surface area contributed by atoms with E-state index in [2.05, 4.69) is 0 Å². The van der Waals surface area contributed by atoms with Crippen molar-refractivity contribution in [2.45, 2.75) is 25.0 Å². The van der Waals surface area contributed by atoms with Gasteiger partial charge in [-0.3, -0.25) is 9.69 Å². The van der Waals surface area contributed by atoms with E-state index in [-0.39, 0.29) is 31.1 Å². The first kappa shape index (κ1) is 15.0. The van der Waals surface area contributed by atoms with Gasteiger partial charge in [-0.05, 0) is 12.0 Å². The number of esters is 1. The van der Waals surface area contributed by atoms with Gasteiger partial charge in [0, 0.05) is 25.1 Å². The highest BCUT2D eigenvalue weighted by Gasteiger charge is 2.45. The maximum atomic E-state index is 12.0. The molecule has 0 aliphatic carbocycles. The minimum Gasteiger partial charge on any atom is -0.468 e. The number of aliphatic hydroxyl groups is 2. The molecule has 2 N–H and O–H groups in total. The molecule has 0 radical (unpaired) electrons. The van der Waals surface area contributed by atoms with Gasteiger partial charge in [-0.25, -0.2) is 0 Å². The van der Waals surface area contributed by atoms with Gasteiger partial charge in [0.1, 0.15) is 6.04 Å². The van der Waals surface area contributed by atoms with Crippen LogP contribution in [0, 0.1) is 5.92 Å². The summed E-state index contributed by atoms with van der Waals surface area (Å²) in [6.45, 7) is 0.445. The Morgan fingerprint density at radius 3 is 2.55 bits per heavy atom. The van der Waals surface area contributed by atoms with Crippen LogP contribution in [-0.2, 0) is 16.1 Å². The molecule has 1 aliphatic heterocycles. The highest BCUT2D eigenvalue weighted by Crippen LogP contribution is 2.32. The van der Waals surface area contributed by atoms with Gasteiger partial charge in [-0.2, -0.15) is 0 Å². The van der Waals surface area contributed by atoms with Gasteiger partial charge in [0.15, 0.2) is 0 Å². The zero-order chi connectivity index (χ0) is 14.5. The normalized spacial score (nSPS) is 26.6. The molecule has 2 rings (SSSR count). The van der Waals surface area contributed by atoms with Gasteiger partial charge in [0.05, 0.1) is 13.7 Å². The Morgan fingerprint density at radius 1 is 1.30 bits per heavy atom. The number of carbonyl (C=O) groups excluding carboxylic acids is 1. The van der Waals surface area contributed by atoms with Crippen molar-refractivity contribution in [1.82, 2.24) is 4.90 Å². The molecule has 1 aromatic rings. The Hall–Kier alpha value is -1.43. The van der Waals surface area contributed by atoms with E-state index in [0.29, 0.717) is 13.0 Å². The highest BCUT2D eigenvalue weighted by molar-refractivity contribution is 5.76. The number of hydrogen-bond acceptors (Lipinski definition) is 5. The van der Waals surface area contributed by atoms with Crippen LogP contribution in [0.25, 0.3) is 0 Å². The van der Waals surface area contributed by atoms with Crippen molar-refractivity contribution in [3.05, 3.63) is 35.9 Å². The standard InChI is InChI=1S/C15H21NO4/c1-20-15(19)14-12(9-17)7-13(10-18)16(14)8-11-5-3-2-4-6-11/h2-6,12-14,17-18H,7-10H2,1H3/t12-,13+,14+/m1/s1. The topological polar surface area (TPSA) is 70.0 Å². The summed E-state index contributed by atoms with van der Waals surface area (Å²) in [4.78, 5) is 13.9. The van der Waals surface area contributed by atoms with Gasteiger partial charge >= 0.3 is 5.97 Å². The van der Waals surface area contributed by atoms with Crippen molar-refractivity contribution in [3.63, 3.8) is 0 Å². The van der Waals surface area contributed by atoms with Gasteiger partial charge in [0.25, 0.3) is 0 Å². The monoisotopic (exact) mass is 279 g/mol. The van der Waals surface area contributed by atoms with E-state index in [9.17, 15) is 15.0 Å². The molecule has 1 saturated heterocycles. The molecule has 1 aromatic carbocycles. The fourth-order valence-electron chi connectivity index (χ4n) is 2.94. The Bertz CT molecular complexity index is 437. The average Bonchev–Trinajstić information content (AvgIpc) is 2.85. The molecule has 1 aliphatic rings. The van der Waals surface area contributed by atoms with E-state index in [1.54, 1.807) is 0 Å². The van der Waals surface area contributed by atoms with E-state index in [0.717, 1.165) is 5.56 Å². The van der Waals surface area contributed by atoms with E-state index in [4.69, 9.17) is 4.74 Å². The predicted molar refractivity (Wildman–Crippen MR) is 73.9 cm³/mol. The molecule has 1 fully saturated rings. The maximum Gasteiger partial charge on any atom is 0.323 e. The number of ether oxygens (including phenoxy) is 1. The van der Waals surface area contributed by atoms with E-state index < -0.39 is 6.04 Å². The molecule has 3 atom stereocenters. The SMILES string of the molecule is COC(=O)[C@@H]1[C@@H](CO)C[C@@H](CO)N1Cc1ccccc1. The maximum absolute atomic E-state index is 12.0. The second-order valence-electron chi connectivity index (χ2n) is 5.14. The van der Waals surface area contributed by atoms with Crippen LogP contribution >= 0.6 is 0 Å². The van der Waals surface area contributed by atoms with Gasteiger partial charge in [-0.1, -0.05) is 30.3 Å². The number of aliphatic hydroxyl groups excluding tert-OH is 2. The quantitative estimate of drug-likeness (QED) is 0.764. The van der Waals surface area contributed by atoms with Gasteiger partial charge in [0.2, 0.25) is 0 Å². The lowest BCUT2D eigenvalue weighted by Gasteiger charge is -2.28. The molecular weight excluding hydrogens is 258 g/mol. The van der Waals surface area contributed by atoms with Crippen LogP contribution in [0.15, 0.2) is 30.3 Å². The molecule has 0 bridgehead atoms. The van der Waals surface area contributed by atoms with Crippen LogP contribution in [0.5, 0.6) is 0 Å². The molecule has 20 heavy (non-hydrogen) atoms. The molecule has 0 saturated carbocycles. The van der Waals surface area contributed by atoms with Crippen LogP contribution in [0.3, 0.4) is 0 Å². The van der Waals surface area contributed by atoms with Crippen LogP contribution in [0.2, 0.25) is 0 Å². The first-order chi connectivity index (χ1) is 9.71. The summed E-state index contributed by atoms with van der Waals surface area (Å²) in [5, 5.41) is 19.0. The number of hydrogen-bond donors (Lipinski definition) is 2. The summed E-state index contributed by atoms with van der Waals surface area (Å²) in [7, 11) is 1.35. The lowest BCUT2D eigenvalue weighted by atomic mass is 10.0. The molecule has 0 spiro atoms. The smallest absolute Gasteiger partial charge is 0.323 e. The van der Waals surface area contributed by atoms with Crippen molar-refractivity contribution < 1.29 is 19.7 Å². The molecule has 1 heterocycles. The molecule has 5 heteroatoms. The van der Waals surface area contributed by atoms with Crippen molar-refractivity contribution >= 4 is 5.97 Å². The number of likely N-dealkylation sites (tertiary alicyclic amines) is 1. The minimum atomic E-state index is -0.498. The average molecular weight is 279 g/mol. The lowest BCUT2D eigenvalue weighted by Crippen LogP contribution is -2.44. The highest BCUT2D eigenvalue weighted by atomic mass is 16.5. The molecule has 110 valence electrons. The summed E-state index contributed by atoms with van der Waals surface area (Å²) in [5.74, 6) is -0.542. The minimum absolute atomic E-state index is 0.0309. The Kier molecular flexibility index (Phi) is 5.11. The summed E-state index contributed by atoms with van der Waals surface area (Å²) >= 11 is 0. The Balaban J connectivity index is 2.22. The molecular formula is C15H21NO4. The van der Waals surface area contributed by atoms with Crippen LogP contribution in [0.1, 0.15) is 12.0 Å². The molecule has 5 nitrogen and oxygen atoms in total. The fraction of sp³-hybridized carbons (Fsp3) is 0.533. The third-order valence-electron chi connectivity index (χ3n) is 3.94. The van der Waals surface area contributed by atoms with E-state index in [1.807, 2.05) is 35.2 Å². The fourth-order valence-corrected chi connectivity index (χ4v) is 2.94. The predicted octanol–water partition coefficient (Wildman–Crippen LogP) is 0.403. The van der Waals surface area contributed by atoms with Crippen molar-refractivity contribution in [1.29, 1.82) is 0 Å². The zero-order valence-corrected chi connectivity index (χ0v) is 11.6. The number of methoxy groups -OCH3 is 1. The Morgan fingerprint density at radius 2 is 2.00 bits per heavy atom. The summed E-state index contributed by atoms with van der Waals surface area (Å²) in [5.41, 5.74) is 1.07. The van der Waals surface area contributed by atoms with Crippen LogP contribution in [0.4, 0.5) is 0 Å². The third-order valence-corrected chi connectivity index (χ3v) is 3.94. The molecule has 0 unspecified atom stereocenters. The second kappa shape index (κ2) is 6.83. The van der Waals surface area contributed by atoms with E-state index in [1.165, 1.54) is 7.11 Å². The Labute approximate surface area is 118 Å². The summed E-state index contributed by atoms with van der Waals surface area (Å²) in [6, 6.07) is 9.15. The first-order valence-electron chi connectivity index (χ1n) is 6.80. The van der Waals surface area contributed by atoms with Crippen molar-refractivity contribution in [2.75, 3.05) is 20.3 Å². The summed E-state index contributed by atoms with van der Waals surface area (Å²) < 4.78 is 4.85. The lowest BCUT2D eigenvalue weighted by molar-refractivity contribution is -0.148. The van der Waals surface area contributed by atoms with E-state index >= 15 is 0 Å². The van der Waals surface area contributed by atoms with Gasteiger partial charge < -0.3 is 14.9 Å². The number of benzene rings is 1. The van der Waals surface area contributed by atoms with Crippen LogP contribution in [-0.4, -0.2) is 53.5 Å². The number of nitrogens with zero attached hydrogens (tertiary/aromatic N) is 1. The number of carbonyl (C=O) groups is 1. The first-order valence-corrected chi connectivity index (χ1v) is 6.80. The van der Waals surface area contributed by atoms with Crippen molar-refractivity contribution in [3.8, 4) is 0 Å². The van der Waals surface area contributed by atoms with Crippen LogP contribution < -0.4 is 0 Å². The second-order valence-corrected chi connectivity index (χ2v) is 5.14. The molecule has 0 amide bonds. The van der Waals surface area contributed by atoms with Gasteiger partial charge in [-0.15, -0.1) is 0 Å². The van der Waals surface area contributed by atoms with Crippen molar-refractivity contribution in [2.24, 2.45) is 5.92 Å². The number of rotatable bonds is 5. The third kappa shape index (κ3) is 3.00. The largest absolute Gasteiger partial charge is 0.468 e. The summed E-state index contributed by atoms with van der Waals surface area (Å²) in [6.07, 6.45) is 0.597.